The predicted octanol–water partition coefficient (Wildman–Crippen LogP) is 3.29. The average Bonchev–Trinajstić information content (AvgIpc) is 3.05. The Labute approximate surface area is 129 Å². The minimum Gasteiger partial charge on any atom is -0.496 e. The van der Waals surface area contributed by atoms with E-state index in [9.17, 15) is 0 Å². The molecule has 0 radical (unpaired) electrons. The highest BCUT2D eigenvalue weighted by Gasteiger charge is 2.11. The van der Waals surface area contributed by atoms with Crippen LogP contribution in [-0.2, 0) is 6.42 Å². The highest BCUT2D eigenvalue weighted by molar-refractivity contribution is 5.72. The Morgan fingerprint density at radius 2 is 1.91 bits per heavy atom. The summed E-state index contributed by atoms with van der Waals surface area (Å²) in [6, 6.07) is 18.0. The lowest BCUT2D eigenvalue weighted by Crippen LogP contribution is -1.94. The van der Waals surface area contributed by atoms with Crippen LogP contribution in [0, 0.1) is 0 Å². The fraction of sp³-hybridized carbons (Fsp3) is 0.167. The number of H-pyrrole nitrogens is 1. The molecule has 0 fully saturated rings. The molecular formula is C18H18N2O2. The summed E-state index contributed by atoms with van der Waals surface area (Å²) in [7, 11) is 1.65. The van der Waals surface area contributed by atoms with Gasteiger partial charge < -0.3 is 9.84 Å². The molecule has 0 aliphatic carbocycles. The zero-order chi connectivity index (χ0) is 15.4. The summed E-state index contributed by atoms with van der Waals surface area (Å²) in [6.45, 7) is 0.130. The quantitative estimate of drug-likeness (QED) is 0.759. The van der Waals surface area contributed by atoms with Crippen LogP contribution in [-0.4, -0.2) is 29.0 Å². The summed E-state index contributed by atoms with van der Waals surface area (Å²) in [4.78, 5) is 0. The van der Waals surface area contributed by atoms with Gasteiger partial charge in [0.2, 0.25) is 0 Å². The van der Waals surface area contributed by atoms with E-state index in [-0.39, 0.29) is 6.61 Å². The molecule has 0 aliphatic heterocycles. The lowest BCUT2D eigenvalue weighted by molar-refractivity contribution is 0.299. The van der Waals surface area contributed by atoms with Gasteiger partial charge in [0.1, 0.15) is 5.75 Å². The van der Waals surface area contributed by atoms with Crippen molar-refractivity contribution < 1.29 is 9.84 Å². The molecule has 0 unspecified atom stereocenters. The van der Waals surface area contributed by atoms with Crippen molar-refractivity contribution in [2.75, 3.05) is 13.7 Å². The van der Waals surface area contributed by atoms with Gasteiger partial charge in [0, 0.05) is 17.7 Å². The third-order valence-electron chi connectivity index (χ3n) is 3.60. The molecule has 0 bridgehead atoms. The van der Waals surface area contributed by atoms with Crippen molar-refractivity contribution in [1.82, 2.24) is 10.2 Å². The Morgan fingerprint density at radius 3 is 2.64 bits per heavy atom. The Bertz CT molecular complexity index is 751. The standard InChI is InChI=1S/C18H18N2O2/c1-22-18-11-13(9-10-21)7-8-15(18)17-12-16(19-20-17)14-5-3-2-4-6-14/h2-8,11-12,21H,9-10H2,1H3,(H,19,20). The van der Waals surface area contributed by atoms with Crippen LogP contribution in [0.25, 0.3) is 22.5 Å². The van der Waals surface area contributed by atoms with E-state index in [0.717, 1.165) is 33.8 Å². The number of methoxy groups -OCH3 is 1. The monoisotopic (exact) mass is 294 g/mol. The molecule has 22 heavy (non-hydrogen) atoms. The molecular weight excluding hydrogens is 276 g/mol. The zero-order valence-corrected chi connectivity index (χ0v) is 12.4. The molecule has 112 valence electrons. The first-order valence-electron chi connectivity index (χ1n) is 7.21. The normalized spacial score (nSPS) is 10.6. The molecule has 1 aromatic heterocycles. The van der Waals surface area contributed by atoms with E-state index in [4.69, 9.17) is 9.84 Å². The van der Waals surface area contributed by atoms with Crippen molar-refractivity contribution >= 4 is 0 Å². The van der Waals surface area contributed by atoms with E-state index in [1.54, 1.807) is 7.11 Å². The van der Waals surface area contributed by atoms with Gasteiger partial charge in [-0.15, -0.1) is 0 Å². The van der Waals surface area contributed by atoms with Crippen LogP contribution in [0.2, 0.25) is 0 Å². The number of ether oxygens (including phenoxy) is 1. The largest absolute Gasteiger partial charge is 0.496 e. The van der Waals surface area contributed by atoms with E-state index in [1.165, 1.54) is 0 Å². The maximum atomic E-state index is 9.04. The van der Waals surface area contributed by atoms with Gasteiger partial charge in [-0.2, -0.15) is 5.10 Å². The third-order valence-corrected chi connectivity index (χ3v) is 3.60. The summed E-state index contributed by atoms with van der Waals surface area (Å²) in [6.07, 6.45) is 0.620. The molecule has 0 amide bonds. The second kappa shape index (κ2) is 6.45. The molecule has 0 spiro atoms. The second-order valence-electron chi connectivity index (χ2n) is 5.04. The van der Waals surface area contributed by atoms with Gasteiger partial charge in [-0.05, 0) is 30.2 Å². The predicted molar refractivity (Wildman–Crippen MR) is 86.8 cm³/mol. The van der Waals surface area contributed by atoms with Crippen molar-refractivity contribution in [3.8, 4) is 28.3 Å². The number of aliphatic hydroxyl groups excluding tert-OH is 1. The Morgan fingerprint density at radius 1 is 1.09 bits per heavy atom. The number of nitrogens with one attached hydrogen (secondary N) is 1. The molecule has 2 aromatic carbocycles. The summed E-state index contributed by atoms with van der Waals surface area (Å²) >= 11 is 0. The topological polar surface area (TPSA) is 58.1 Å². The average molecular weight is 294 g/mol. The molecule has 3 aromatic rings. The van der Waals surface area contributed by atoms with E-state index < -0.39 is 0 Å². The number of hydrogen-bond donors (Lipinski definition) is 2. The van der Waals surface area contributed by atoms with Crippen molar-refractivity contribution in [2.24, 2.45) is 0 Å². The molecule has 1 heterocycles. The second-order valence-corrected chi connectivity index (χ2v) is 5.04. The minimum absolute atomic E-state index is 0.130. The van der Waals surface area contributed by atoms with E-state index >= 15 is 0 Å². The summed E-state index contributed by atoms with van der Waals surface area (Å²) in [5.41, 5.74) is 4.88. The van der Waals surface area contributed by atoms with Crippen LogP contribution in [0.15, 0.2) is 54.6 Å². The molecule has 4 nitrogen and oxygen atoms in total. The van der Waals surface area contributed by atoms with E-state index in [2.05, 4.69) is 10.2 Å². The smallest absolute Gasteiger partial charge is 0.128 e. The van der Waals surface area contributed by atoms with Gasteiger partial charge in [0.15, 0.2) is 0 Å². The Balaban J connectivity index is 1.96. The molecule has 0 aliphatic rings. The van der Waals surface area contributed by atoms with Crippen LogP contribution in [0.1, 0.15) is 5.56 Å². The number of nitrogens with zero attached hydrogens (tertiary/aromatic N) is 1. The first kappa shape index (κ1) is 14.4. The van der Waals surface area contributed by atoms with Gasteiger partial charge in [-0.3, -0.25) is 5.10 Å². The van der Waals surface area contributed by atoms with Crippen molar-refractivity contribution in [1.29, 1.82) is 0 Å². The van der Waals surface area contributed by atoms with Crippen LogP contribution in [0.4, 0.5) is 0 Å². The molecule has 0 saturated heterocycles. The Kier molecular flexibility index (Phi) is 4.21. The van der Waals surface area contributed by atoms with Crippen LogP contribution >= 0.6 is 0 Å². The SMILES string of the molecule is COc1cc(CCO)ccc1-c1cc(-c2ccccc2)n[nH]1. The lowest BCUT2D eigenvalue weighted by atomic mass is 10.0. The van der Waals surface area contributed by atoms with Gasteiger partial charge in [-0.25, -0.2) is 0 Å². The van der Waals surface area contributed by atoms with Crippen molar-refractivity contribution in [3.05, 3.63) is 60.2 Å². The number of benzene rings is 2. The molecule has 0 atom stereocenters. The lowest BCUT2D eigenvalue weighted by Gasteiger charge is -2.08. The number of aromatic nitrogens is 2. The third kappa shape index (κ3) is 2.87. The van der Waals surface area contributed by atoms with Gasteiger partial charge in [-0.1, -0.05) is 36.4 Å². The maximum Gasteiger partial charge on any atom is 0.128 e. The number of hydrogen-bond acceptors (Lipinski definition) is 3. The van der Waals surface area contributed by atoms with Crippen molar-refractivity contribution in [2.45, 2.75) is 6.42 Å². The van der Waals surface area contributed by atoms with Gasteiger partial charge in [0.25, 0.3) is 0 Å². The molecule has 3 rings (SSSR count). The van der Waals surface area contributed by atoms with Crippen LogP contribution < -0.4 is 4.74 Å². The van der Waals surface area contributed by atoms with E-state index in [1.807, 2.05) is 54.6 Å². The summed E-state index contributed by atoms with van der Waals surface area (Å²) in [5.74, 6) is 0.772. The highest BCUT2D eigenvalue weighted by Crippen LogP contribution is 2.31. The maximum absolute atomic E-state index is 9.04. The summed E-state index contributed by atoms with van der Waals surface area (Å²) < 4.78 is 5.47. The Hall–Kier alpha value is -2.59. The van der Waals surface area contributed by atoms with E-state index in [0.29, 0.717) is 6.42 Å². The highest BCUT2D eigenvalue weighted by atomic mass is 16.5. The number of rotatable bonds is 5. The van der Waals surface area contributed by atoms with Gasteiger partial charge in [0.05, 0.1) is 18.5 Å². The van der Waals surface area contributed by atoms with Crippen LogP contribution in [0.3, 0.4) is 0 Å². The first-order chi connectivity index (χ1) is 10.8. The first-order valence-corrected chi connectivity index (χ1v) is 7.21. The fourth-order valence-electron chi connectivity index (χ4n) is 2.46. The molecule has 2 N–H and O–H groups in total. The summed E-state index contributed by atoms with van der Waals surface area (Å²) in [5, 5.41) is 16.5. The van der Waals surface area contributed by atoms with Gasteiger partial charge >= 0.3 is 0 Å². The van der Waals surface area contributed by atoms with Crippen molar-refractivity contribution in [3.63, 3.8) is 0 Å². The minimum atomic E-state index is 0.130. The number of aliphatic hydroxyl groups is 1. The molecule has 4 heteroatoms. The fourth-order valence-corrected chi connectivity index (χ4v) is 2.46. The zero-order valence-electron chi connectivity index (χ0n) is 12.4. The molecule has 0 saturated carbocycles. The number of aromatic amines is 1. The van der Waals surface area contributed by atoms with Crippen LogP contribution in [0.5, 0.6) is 5.75 Å².